The predicted octanol–water partition coefficient (Wildman–Crippen LogP) is 2.91. The van der Waals surface area contributed by atoms with Gasteiger partial charge in [0.15, 0.2) is 0 Å². The summed E-state index contributed by atoms with van der Waals surface area (Å²) in [6.07, 6.45) is -3.62. The van der Waals surface area contributed by atoms with Crippen LogP contribution in [0, 0.1) is 12.7 Å². The van der Waals surface area contributed by atoms with Gasteiger partial charge in [0, 0.05) is 32.4 Å². The Balaban J connectivity index is 1.63. The molecule has 0 bridgehead atoms. The minimum Gasteiger partial charge on any atom is -0.353 e. The monoisotopic (exact) mass is 368 g/mol. The first-order valence-electron chi connectivity index (χ1n) is 7.96. The molecule has 1 saturated heterocycles. The summed E-state index contributed by atoms with van der Waals surface area (Å²) in [4.78, 5) is 23.7. The first-order chi connectivity index (χ1) is 12.3. The van der Waals surface area contributed by atoms with E-state index in [2.05, 4.69) is 9.97 Å². The highest BCUT2D eigenvalue weighted by atomic mass is 19.4. The van der Waals surface area contributed by atoms with E-state index >= 15 is 0 Å². The first kappa shape index (κ1) is 18.1. The molecule has 0 unspecified atom stereocenters. The van der Waals surface area contributed by atoms with Gasteiger partial charge in [-0.05, 0) is 31.2 Å². The third-order valence-electron chi connectivity index (χ3n) is 4.21. The number of aryl methyl sites for hydroxylation is 1. The Labute approximate surface area is 147 Å². The zero-order valence-corrected chi connectivity index (χ0v) is 13.9. The van der Waals surface area contributed by atoms with Gasteiger partial charge in [0.1, 0.15) is 17.3 Å². The highest BCUT2D eigenvalue weighted by Gasteiger charge is 2.31. The van der Waals surface area contributed by atoms with Crippen molar-refractivity contribution >= 4 is 11.7 Å². The van der Waals surface area contributed by atoms with Crippen LogP contribution in [0.2, 0.25) is 0 Å². The van der Waals surface area contributed by atoms with E-state index in [0.29, 0.717) is 32.0 Å². The van der Waals surface area contributed by atoms with Crippen LogP contribution in [0.1, 0.15) is 21.7 Å². The van der Waals surface area contributed by atoms with Crippen LogP contribution in [0.4, 0.5) is 23.4 Å². The Kier molecular flexibility index (Phi) is 4.80. The summed E-state index contributed by atoms with van der Waals surface area (Å²) in [5.41, 5.74) is -0.471. The zero-order chi connectivity index (χ0) is 18.9. The minimum atomic E-state index is -4.42. The maximum Gasteiger partial charge on any atom is 0.417 e. The van der Waals surface area contributed by atoms with E-state index in [0.717, 1.165) is 12.3 Å². The highest BCUT2D eigenvalue weighted by molar-refractivity contribution is 5.92. The van der Waals surface area contributed by atoms with E-state index in [-0.39, 0.29) is 17.3 Å². The minimum absolute atomic E-state index is 0.156. The zero-order valence-electron chi connectivity index (χ0n) is 13.9. The number of carbonyl (C=O) groups excluding carboxylic acids is 1. The van der Waals surface area contributed by atoms with Crippen molar-refractivity contribution in [3.63, 3.8) is 0 Å². The number of hydrogen-bond acceptors (Lipinski definition) is 4. The van der Waals surface area contributed by atoms with Gasteiger partial charge < -0.3 is 9.80 Å². The number of nitrogens with zero attached hydrogens (tertiary/aromatic N) is 4. The van der Waals surface area contributed by atoms with Gasteiger partial charge >= 0.3 is 6.18 Å². The van der Waals surface area contributed by atoms with Crippen LogP contribution in [0.15, 0.2) is 30.5 Å². The lowest BCUT2D eigenvalue weighted by Gasteiger charge is -2.35. The van der Waals surface area contributed by atoms with Gasteiger partial charge in [-0.1, -0.05) is 0 Å². The summed E-state index contributed by atoms with van der Waals surface area (Å²) < 4.78 is 51.0. The largest absolute Gasteiger partial charge is 0.417 e. The Hall–Kier alpha value is -2.71. The molecule has 9 heteroatoms. The second-order valence-corrected chi connectivity index (χ2v) is 5.95. The van der Waals surface area contributed by atoms with Gasteiger partial charge in [0.25, 0.3) is 5.91 Å². The van der Waals surface area contributed by atoms with Crippen molar-refractivity contribution in [2.45, 2.75) is 13.1 Å². The molecular weight excluding hydrogens is 352 g/mol. The number of piperazine rings is 1. The molecule has 0 aromatic carbocycles. The average Bonchev–Trinajstić information content (AvgIpc) is 2.63. The molecule has 0 aliphatic carbocycles. The van der Waals surface area contributed by atoms with Crippen LogP contribution >= 0.6 is 0 Å². The quantitative estimate of drug-likeness (QED) is 0.765. The summed E-state index contributed by atoms with van der Waals surface area (Å²) >= 11 is 0. The average molecular weight is 368 g/mol. The number of alkyl halides is 3. The summed E-state index contributed by atoms with van der Waals surface area (Å²) in [6, 6.07) is 4.86. The summed E-state index contributed by atoms with van der Waals surface area (Å²) in [6.45, 7) is 3.11. The Bertz CT molecular complexity index is 799. The number of aromatic nitrogens is 2. The molecule has 0 saturated carbocycles. The van der Waals surface area contributed by atoms with Gasteiger partial charge in [-0.15, -0.1) is 0 Å². The fourth-order valence-electron chi connectivity index (χ4n) is 2.70. The number of halogens is 4. The van der Waals surface area contributed by atoms with Crippen molar-refractivity contribution in [2.24, 2.45) is 0 Å². The van der Waals surface area contributed by atoms with Gasteiger partial charge in [-0.3, -0.25) is 4.79 Å². The number of rotatable bonds is 2. The number of hydrogen-bond donors (Lipinski definition) is 0. The summed E-state index contributed by atoms with van der Waals surface area (Å²) in [5, 5.41) is 0. The van der Waals surface area contributed by atoms with E-state index in [4.69, 9.17) is 0 Å². The Morgan fingerprint density at radius 1 is 1.08 bits per heavy atom. The number of pyridine rings is 2. The second kappa shape index (κ2) is 6.89. The normalized spacial score (nSPS) is 15.3. The van der Waals surface area contributed by atoms with E-state index in [1.54, 1.807) is 4.90 Å². The van der Waals surface area contributed by atoms with Crippen molar-refractivity contribution in [1.82, 2.24) is 14.9 Å². The number of carbonyl (C=O) groups is 1. The van der Waals surface area contributed by atoms with Crippen molar-refractivity contribution in [2.75, 3.05) is 31.1 Å². The summed E-state index contributed by atoms with van der Waals surface area (Å²) in [7, 11) is 0. The van der Waals surface area contributed by atoms with Gasteiger partial charge in [0.05, 0.1) is 11.3 Å². The molecule has 1 amide bonds. The molecule has 0 spiro atoms. The standard InChI is InChI=1S/C17H16F4N4O/c1-11-13(18)3-4-14(23-11)16(26)25-8-6-24(7-9-25)15-5-2-12(10-22-15)17(19,20)21/h2-5,10H,6-9H2,1H3. The van der Waals surface area contributed by atoms with Crippen molar-refractivity contribution in [3.8, 4) is 0 Å². The topological polar surface area (TPSA) is 49.3 Å². The lowest BCUT2D eigenvalue weighted by Crippen LogP contribution is -2.49. The van der Waals surface area contributed by atoms with Crippen LogP contribution in [-0.2, 0) is 6.18 Å². The molecule has 3 heterocycles. The first-order valence-corrected chi connectivity index (χ1v) is 7.96. The third kappa shape index (κ3) is 3.76. The van der Waals surface area contributed by atoms with E-state index < -0.39 is 17.6 Å². The molecule has 5 nitrogen and oxygen atoms in total. The molecule has 138 valence electrons. The Morgan fingerprint density at radius 3 is 2.31 bits per heavy atom. The fourth-order valence-corrected chi connectivity index (χ4v) is 2.70. The molecule has 0 radical (unpaired) electrons. The molecule has 2 aromatic rings. The molecule has 1 fully saturated rings. The lowest BCUT2D eigenvalue weighted by molar-refractivity contribution is -0.137. The molecule has 1 aliphatic rings. The maximum atomic E-state index is 13.3. The molecule has 0 atom stereocenters. The molecule has 0 N–H and O–H groups in total. The van der Waals surface area contributed by atoms with E-state index in [1.807, 2.05) is 4.90 Å². The van der Waals surface area contributed by atoms with Gasteiger partial charge in [-0.25, -0.2) is 14.4 Å². The van der Waals surface area contributed by atoms with Crippen LogP contribution < -0.4 is 4.90 Å². The number of anilines is 1. The number of amides is 1. The lowest BCUT2D eigenvalue weighted by atomic mass is 10.2. The van der Waals surface area contributed by atoms with Crippen LogP contribution in [0.3, 0.4) is 0 Å². The highest BCUT2D eigenvalue weighted by Crippen LogP contribution is 2.29. The van der Waals surface area contributed by atoms with E-state index in [9.17, 15) is 22.4 Å². The molecule has 2 aromatic heterocycles. The fraction of sp³-hybridized carbons (Fsp3) is 0.353. The molecule has 26 heavy (non-hydrogen) atoms. The molecule has 1 aliphatic heterocycles. The molecule has 3 rings (SSSR count). The smallest absolute Gasteiger partial charge is 0.353 e. The molecular formula is C17H16F4N4O. The maximum absolute atomic E-state index is 13.3. The second-order valence-electron chi connectivity index (χ2n) is 5.95. The van der Waals surface area contributed by atoms with Gasteiger partial charge in [0.2, 0.25) is 0 Å². The van der Waals surface area contributed by atoms with Crippen molar-refractivity contribution in [1.29, 1.82) is 0 Å². The van der Waals surface area contributed by atoms with Crippen molar-refractivity contribution in [3.05, 3.63) is 53.2 Å². The van der Waals surface area contributed by atoms with E-state index in [1.165, 1.54) is 25.1 Å². The third-order valence-corrected chi connectivity index (χ3v) is 4.21. The van der Waals surface area contributed by atoms with Gasteiger partial charge in [-0.2, -0.15) is 13.2 Å². The van der Waals surface area contributed by atoms with Crippen LogP contribution in [-0.4, -0.2) is 47.0 Å². The van der Waals surface area contributed by atoms with Crippen molar-refractivity contribution < 1.29 is 22.4 Å². The van der Waals surface area contributed by atoms with Crippen LogP contribution in [0.5, 0.6) is 0 Å². The Morgan fingerprint density at radius 2 is 1.77 bits per heavy atom. The predicted molar refractivity (Wildman–Crippen MR) is 86.3 cm³/mol. The SMILES string of the molecule is Cc1nc(C(=O)N2CCN(c3ccc(C(F)(F)F)cn3)CC2)ccc1F. The summed E-state index contributed by atoms with van der Waals surface area (Å²) in [5.74, 6) is -0.339. The van der Waals surface area contributed by atoms with Crippen LogP contribution in [0.25, 0.3) is 0 Å².